The molecule has 0 bridgehead atoms. The molecular weight excluding hydrogens is 380 g/mol. The van der Waals surface area contributed by atoms with Gasteiger partial charge in [-0.1, -0.05) is 0 Å². The van der Waals surface area contributed by atoms with Crippen molar-refractivity contribution in [2.24, 2.45) is 0 Å². The van der Waals surface area contributed by atoms with Gasteiger partial charge in [0.15, 0.2) is 0 Å². The Morgan fingerprint density at radius 1 is 0.769 bits per heavy atom. The van der Waals surface area contributed by atoms with Crippen molar-refractivity contribution < 1.29 is 7.06 Å². The first kappa shape index (κ1) is 16.8. The fourth-order valence-corrected chi connectivity index (χ4v) is 4.34. The molecule has 0 N–H and O–H groups in total. The van der Waals surface area contributed by atoms with Crippen LogP contribution in [0.25, 0.3) is 22.0 Å². The Bertz CT molecular complexity index is 1030. The summed E-state index contributed by atoms with van der Waals surface area (Å²) in [7, 11) is 0. The molecule has 4 rings (SSSR count). The molecule has 0 spiro atoms. The number of pyridine rings is 1. The third-order valence-corrected chi connectivity index (χ3v) is 5.69. The minimum atomic E-state index is -1.40. The number of hydrogen-bond donors (Lipinski definition) is 0. The zero-order valence-corrected chi connectivity index (χ0v) is 16.8. The van der Waals surface area contributed by atoms with Crippen molar-refractivity contribution in [1.29, 1.82) is 0 Å². The number of benzene rings is 3. The molecule has 4 aromatic rings. The fourth-order valence-electron chi connectivity index (χ4n) is 2.88. The van der Waals surface area contributed by atoms with Crippen LogP contribution in [0.2, 0.25) is 0 Å². The first-order chi connectivity index (χ1) is 12.8. The summed E-state index contributed by atoms with van der Waals surface area (Å²) in [5.74, 6) is 1.68. The van der Waals surface area contributed by atoms with Crippen LogP contribution in [0.3, 0.4) is 0 Å². The van der Waals surface area contributed by atoms with E-state index in [1.807, 2.05) is 49.4 Å². The van der Waals surface area contributed by atoms with Crippen molar-refractivity contribution >= 4 is 29.0 Å². The maximum absolute atomic E-state index is 6.07. The molecule has 0 saturated heterocycles. The molecule has 1 aromatic heterocycles. The molecule has 3 nitrogen and oxygen atoms in total. The van der Waals surface area contributed by atoms with E-state index in [1.54, 1.807) is 6.20 Å². The van der Waals surface area contributed by atoms with Crippen LogP contribution in [0.15, 0.2) is 85.1 Å². The average Bonchev–Trinajstić information content (AvgIpc) is 2.70. The van der Waals surface area contributed by atoms with Crippen molar-refractivity contribution in [2.75, 3.05) is 0 Å². The summed E-state index contributed by atoms with van der Waals surface area (Å²) < 4.78 is 12.1. The molecule has 0 fully saturated rings. The van der Waals surface area contributed by atoms with Crippen LogP contribution in [0.5, 0.6) is 11.5 Å². The molecule has 3 aromatic carbocycles. The van der Waals surface area contributed by atoms with Gasteiger partial charge in [-0.3, -0.25) is 0 Å². The third kappa shape index (κ3) is 3.61. The van der Waals surface area contributed by atoms with Crippen LogP contribution in [0.4, 0.5) is 0 Å². The fraction of sp³-hybridized carbons (Fsp3) is 0.0455. The van der Waals surface area contributed by atoms with E-state index in [0.29, 0.717) is 0 Å². The van der Waals surface area contributed by atoms with E-state index in [1.165, 1.54) is 5.56 Å². The Hall–Kier alpha value is -2.69. The second-order valence-corrected chi connectivity index (χ2v) is 7.41. The van der Waals surface area contributed by atoms with Crippen LogP contribution >= 0.6 is 0 Å². The summed E-state index contributed by atoms with van der Waals surface area (Å²) in [5.41, 5.74) is 4.29. The molecular formula is C22H17GaNO2. The van der Waals surface area contributed by atoms with E-state index >= 15 is 0 Å². The van der Waals surface area contributed by atoms with Gasteiger partial charge in [-0.15, -0.1) is 0 Å². The van der Waals surface area contributed by atoms with Crippen LogP contribution in [-0.4, -0.2) is 23.1 Å². The molecule has 26 heavy (non-hydrogen) atoms. The third-order valence-electron chi connectivity index (χ3n) is 4.22. The number of nitrogens with zero attached hydrogens (tertiary/aromatic N) is 1. The average molecular weight is 397 g/mol. The van der Waals surface area contributed by atoms with E-state index in [0.717, 1.165) is 33.5 Å². The summed E-state index contributed by atoms with van der Waals surface area (Å²) in [5, 5.41) is 1.08. The standard InChI is InChI=1S/C12H10O.C10H9NO.Ga/c13-12-8-4-7-11(9-12)10-5-2-1-3-6-10;1-7-4-5-8-3-2-6-11-9(8)10(7)12;/h1-9,13H;2-6,12H,1H3;/q;;+2/p-2. The second-order valence-electron chi connectivity index (χ2n) is 6.01. The van der Waals surface area contributed by atoms with Crippen molar-refractivity contribution in [2.45, 2.75) is 6.92 Å². The van der Waals surface area contributed by atoms with Gasteiger partial charge in [0.1, 0.15) is 0 Å². The molecule has 125 valence electrons. The molecule has 0 aliphatic carbocycles. The molecule has 0 atom stereocenters. The Morgan fingerprint density at radius 2 is 1.62 bits per heavy atom. The van der Waals surface area contributed by atoms with Crippen LogP contribution < -0.4 is 7.06 Å². The van der Waals surface area contributed by atoms with Gasteiger partial charge in [-0.25, -0.2) is 0 Å². The Kier molecular flexibility index (Phi) is 4.95. The predicted octanol–water partition coefficient (Wildman–Crippen LogP) is 5.20. The van der Waals surface area contributed by atoms with E-state index in [2.05, 4.69) is 41.4 Å². The first-order valence-electron chi connectivity index (χ1n) is 8.46. The van der Waals surface area contributed by atoms with Crippen molar-refractivity contribution in [3.8, 4) is 22.6 Å². The zero-order valence-electron chi connectivity index (χ0n) is 14.4. The number of fused-ring (bicyclic) bond motifs is 1. The number of aromatic nitrogens is 1. The molecule has 1 radical (unpaired) electrons. The zero-order chi connectivity index (χ0) is 17.8. The molecule has 0 aliphatic rings. The SMILES string of the molecule is Cc1ccc2cccnc2c1[O][Ga][O]c1cccc(-c2ccccc2)c1. The summed E-state index contributed by atoms with van der Waals surface area (Å²) in [6.45, 7) is 2.04. The Labute approximate surface area is 161 Å². The van der Waals surface area contributed by atoms with Crippen LogP contribution in [0, 0.1) is 6.92 Å². The van der Waals surface area contributed by atoms with Gasteiger partial charge < -0.3 is 0 Å². The predicted molar refractivity (Wildman–Crippen MR) is 105 cm³/mol. The van der Waals surface area contributed by atoms with Crippen molar-refractivity contribution in [3.63, 3.8) is 0 Å². The number of rotatable bonds is 5. The normalized spacial score (nSPS) is 10.5. The molecule has 4 heteroatoms. The number of aryl methyl sites for hydroxylation is 1. The monoisotopic (exact) mass is 396 g/mol. The van der Waals surface area contributed by atoms with E-state index < -0.39 is 18.1 Å². The topological polar surface area (TPSA) is 31.4 Å². The van der Waals surface area contributed by atoms with E-state index in [-0.39, 0.29) is 0 Å². The quantitative estimate of drug-likeness (QED) is 0.434. The molecule has 0 aliphatic heterocycles. The molecule has 0 unspecified atom stereocenters. The first-order valence-corrected chi connectivity index (χ1v) is 10.4. The Morgan fingerprint density at radius 3 is 2.50 bits per heavy atom. The van der Waals surface area contributed by atoms with E-state index in [4.69, 9.17) is 7.06 Å². The van der Waals surface area contributed by atoms with Crippen LogP contribution in [0.1, 0.15) is 5.56 Å². The van der Waals surface area contributed by atoms with Crippen molar-refractivity contribution in [1.82, 2.24) is 4.98 Å². The van der Waals surface area contributed by atoms with Gasteiger partial charge in [0.25, 0.3) is 0 Å². The number of hydrogen-bond acceptors (Lipinski definition) is 3. The van der Waals surface area contributed by atoms with E-state index in [9.17, 15) is 0 Å². The summed E-state index contributed by atoms with van der Waals surface area (Å²) in [6, 6.07) is 26.5. The summed E-state index contributed by atoms with van der Waals surface area (Å²) >= 11 is -1.40. The molecule has 1 heterocycles. The minimum absolute atomic E-state index is 0.835. The van der Waals surface area contributed by atoms with Gasteiger partial charge in [-0.05, 0) is 0 Å². The van der Waals surface area contributed by atoms with Gasteiger partial charge >= 0.3 is 161 Å². The molecule has 0 saturated carbocycles. The van der Waals surface area contributed by atoms with Crippen LogP contribution in [-0.2, 0) is 0 Å². The van der Waals surface area contributed by atoms with Gasteiger partial charge in [0, 0.05) is 0 Å². The Balaban J connectivity index is 1.50. The van der Waals surface area contributed by atoms with Gasteiger partial charge in [-0.2, -0.15) is 0 Å². The maximum atomic E-state index is 6.07. The summed E-state index contributed by atoms with van der Waals surface area (Å²) in [4.78, 5) is 4.47. The molecule has 0 amide bonds. The van der Waals surface area contributed by atoms with Crippen molar-refractivity contribution in [3.05, 3.63) is 90.6 Å². The second kappa shape index (κ2) is 7.68. The summed E-state index contributed by atoms with van der Waals surface area (Å²) in [6.07, 6.45) is 1.79. The van der Waals surface area contributed by atoms with Gasteiger partial charge in [0.05, 0.1) is 0 Å². The van der Waals surface area contributed by atoms with Gasteiger partial charge in [0.2, 0.25) is 0 Å².